The predicted molar refractivity (Wildman–Crippen MR) is 96.6 cm³/mol. The summed E-state index contributed by atoms with van der Waals surface area (Å²) in [4.78, 5) is 35.4. The van der Waals surface area contributed by atoms with Gasteiger partial charge in [-0.05, 0) is 24.6 Å². The van der Waals surface area contributed by atoms with Crippen molar-refractivity contribution in [3.05, 3.63) is 64.2 Å². The van der Waals surface area contributed by atoms with Gasteiger partial charge < -0.3 is 9.84 Å². The highest BCUT2D eigenvalue weighted by atomic mass is 16.6. The Labute approximate surface area is 158 Å². The number of esters is 1. The van der Waals surface area contributed by atoms with Crippen LogP contribution in [-0.2, 0) is 26.3 Å². The van der Waals surface area contributed by atoms with E-state index in [2.05, 4.69) is 10.3 Å². The van der Waals surface area contributed by atoms with Crippen LogP contribution in [0, 0.1) is 10.1 Å². The second kappa shape index (κ2) is 7.43. The first-order valence-electron chi connectivity index (χ1n) is 8.34. The van der Waals surface area contributed by atoms with Crippen molar-refractivity contribution in [3.8, 4) is 0 Å². The summed E-state index contributed by atoms with van der Waals surface area (Å²) in [7, 11) is 0. The smallest absolute Gasteiger partial charge is 0.330 e. The highest BCUT2D eigenvalue weighted by Crippen LogP contribution is 2.31. The van der Waals surface area contributed by atoms with E-state index in [1.807, 2.05) is 0 Å². The number of aromatic nitrogens is 3. The minimum Gasteiger partial charge on any atom is -0.480 e. The van der Waals surface area contributed by atoms with Crippen LogP contribution in [0.3, 0.4) is 0 Å². The predicted octanol–water partition coefficient (Wildman–Crippen LogP) is 1.93. The summed E-state index contributed by atoms with van der Waals surface area (Å²) in [5, 5.41) is 28.9. The summed E-state index contributed by atoms with van der Waals surface area (Å²) in [6.45, 7) is 1.14. The lowest BCUT2D eigenvalue weighted by atomic mass is 9.80. The number of nitro groups is 1. The van der Waals surface area contributed by atoms with Gasteiger partial charge in [0.25, 0.3) is 5.69 Å². The molecule has 1 aromatic heterocycles. The number of hydrogen-bond acceptors (Lipinski definition) is 7. The minimum absolute atomic E-state index is 0.0288. The molecule has 1 N–H and O–H groups in total. The van der Waals surface area contributed by atoms with Crippen molar-refractivity contribution in [1.82, 2.24) is 15.0 Å². The van der Waals surface area contributed by atoms with Gasteiger partial charge in [-0.25, -0.2) is 4.68 Å². The van der Waals surface area contributed by atoms with Crippen LogP contribution >= 0.6 is 0 Å². The summed E-state index contributed by atoms with van der Waals surface area (Å²) in [5.74, 6) is -2.45. The van der Waals surface area contributed by atoms with Crippen LogP contribution in [0.15, 0.2) is 48.5 Å². The molecule has 144 valence electrons. The van der Waals surface area contributed by atoms with E-state index in [9.17, 15) is 24.8 Å². The number of aliphatic carboxylic acids is 1. The Hall–Kier alpha value is -3.82. The Morgan fingerprint density at radius 1 is 1.21 bits per heavy atom. The van der Waals surface area contributed by atoms with Crippen LogP contribution in [0.2, 0.25) is 0 Å². The number of benzene rings is 2. The largest absolute Gasteiger partial charge is 0.480 e. The van der Waals surface area contributed by atoms with Gasteiger partial charge in [-0.2, -0.15) is 0 Å². The second-order valence-electron chi connectivity index (χ2n) is 5.97. The number of hydrogen-bond donors (Lipinski definition) is 1. The lowest BCUT2D eigenvalue weighted by molar-refractivity contribution is -0.384. The van der Waals surface area contributed by atoms with Gasteiger partial charge in [0.15, 0.2) is 0 Å². The SMILES string of the molecule is CCOC(=O)C(Cn1nnc2ccccc21)(C(=O)O)c1ccc([N+](=O)[O-])cc1. The molecule has 10 nitrogen and oxygen atoms in total. The maximum absolute atomic E-state index is 12.8. The van der Waals surface area contributed by atoms with Crippen LogP contribution in [0.5, 0.6) is 0 Å². The molecule has 0 bridgehead atoms. The number of fused-ring (bicyclic) bond motifs is 1. The highest BCUT2D eigenvalue weighted by Gasteiger charge is 2.50. The van der Waals surface area contributed by atoms with Gasteiger partial charge in [-0.3, -0.25) is 19.7 Å². The average Bonchev–Trinajstić information content (AvgIpc) is 3.09. The first kappa shape index (κ1) is 19.0. The maximum Gasteiger partial charge on any atom is 0.330 e. The molecule has 0 radical (unpaired) electrons. The Bertz CT molecular complexity index is 1050. The summed E-state index contributed by atoms with van der Waals surface area (Å²) in [6, 6.07) is 11.7. The van der Waals surface area contributed by atoms with Crippen LogP contribution in [0.1, 0.15) is 12.5 Å². The molecule has 1 unspecified atom stereocenters. The molecule has 0 saturated heterocycles. The Morgan fingerprint density at radius 2 is 1.89 bits per heavy atom. The van der Waals surface area contributed by atoms with Crippen molar-refractivity contribution in [2.45, 2.75) is 18.9 Å². The van der Waals surface area contributed by atoms with Gasteiger partial charge in [-0.1, -0.05) is 29.5 Å². The van der Waals surface area contributed by atoms with E-state index in [1.165, 1.54) is 16.8 Å². The quantitative estimate of drug-likeness (QED) is 0.282. The summed E-state index contributed by atoms with van der Waals surface area (Å²) in [5.41, 5.74) is -1.25. The fourth-order valence-electron chi connectivity index (χ4n) is 2.93. The summed E-state index contributed by atoms with van der Waals surface area (Å²) >= 11 is 0. The molecule has 1 atom stereocenters. The van der Waals surface area contributed by atoms with Gasteiger partial charge >= 0.3 is 11.9 Å². The molecule has 0 saturated carbocycles. The maximum atomic E-state index is 12.8. The van der Waals surface area contributed by atoms with E-state index >= 15 is 0 Å². The lowest BCUT2D eigenvalue weighted by Crippen LogP contribution is -2.48. The van der Waals surface area contributed by atoms with Crippen LogP contribution in [0.25, 0.3) is 11.0 Å². The molecule has 3 rings (SSSR count). The third-order valence-corrected chi connectivity index (χ3v) is 4.37. The molecule has 2 aromatic carbocycles. The van der Waals surface area contributed by atoms with Gasteiger partial charge in [0, 0.05) is 12.1 Å². The topological polar surface area (TPSA) is 137 Å². The Kier molecular flexibility index (Phi) is 5.03. The number of carbonyl (C=O) groups excluding carboxylic acids is 1. The number of rotatable bonds is 7. The van der Waals surface area contributed by atoms with Crippen molar-refractivity contribution in [2.75, 3.05) is 6.61 Å². The van der Waals surface area contributed by atoms with Gasteiger partial charge in [0.1, 0.15) is 5.52 Å². The number of carboxylic acid groups (broad SMARTS) is 1. The van der Waals surface area contributed by atoms with Crippen molar-refractivity contribution in [3.63, 3.8) is 0 Å². The van der Waals surface area contributed by atoms with Gasteiger partial charge in [0.2, 0.25) is 5.41 Å². The number of para-hydroxylation sites is 1. The average molecular weight is 384 g/mol. The number of non-ortho nitro benzene ring substituents is 1. The molecule has 0 aliphatic heterocycles. The first-order valence-corrected chi connectivity index (χ1v) is 8.34. The molecule has 10 heteroatoms. The lowest BCUT2D eigenvalue weighted by Gasteiger charge is -2.27. The van der Waals surface area contributed by atoms with E-state index in [1.54, 1.807) is 31.2 Å². The number of nitro benzene ring substituents is 1. The first-order chi connectivity index (χ1) is 13.4. The number of carboxylic acids is 1. The minimum atomic E-state index is -2.15. The van der Waals surface area contributed by atoms with Gasteiger partial charge in [0.05, 0.1) is 23.6 Å². The third kappa shape index (κ3) is 3.15. The molecule has 0 spiro atoms. The molecule has 28 heavy (non-hydrogen) atoms. The molecule has 3 aromatic rings. The van der Waals surface area contributed by atoms with E-state index in [-0.39, 0.29) is 24.4 Å². The fraction of sp³-hybridized carbons (Fsp3) is 0.222. The molecule has 0 amide bonds. The Morgan fingerprint density at radius 3 is 2.50 bits per heavy atom. The number of carbonyl (C=O) groups is 2. The van der Waals surface area contributed by atoms with E-state index in [4.69, 9.17) is 4.74 Å². The molecule has 0 aliphatic carbocycles. The Balaban J connectivity index is 2.16. The van der Waals surface area contributed by atoms with Crippen molar-refractivity contribution in [2.24, 2.45) is 0 Å². The van der Waals surface area contributed by atoms with Crippen molar-refractivity contribution >= 4 is 28.7 Å². The molecule has 0 fully saturated rings. The summed E-state index contributed by atoms with van der Waals surface area (Å²) in [6.07, 6.45) is 0. The van der Waals surface area contributed by atoms with Crippen molar-refractivity contribution < 1.29 is 24.4 Å². The number of nitrogens with zero attached hydrogens (tertiary/aromatic N) is 4. The fourth-order valence-corrected chi connectivity index (χ4v) is 2.93. The number of ether oxygens (including phenoxy) is 1. The zero-order valence-corrected chi connectivity index (χ0v) is 14.8. The molecular weight excluding hydrogens is 368 g/mol. The highest BCUT2D eigenvalue weighted by molar-refractivity contribution is 6.05. The third-order valence-electron chi connectivity index (χ3n) is 4.37. The standard InChI is InChI=1S/C18H16N4O6/c1-2-28-17(25)18(16(23)24,12-7-9-13(10-8-12)22(26)27)11-21-15-6-4-3-5-14(15)19-20-21/h3-10H,2,11H2,1H3,(H,23,24). The second-order valence-corrected chi connectivity index (χ2v) is 5.97. The van der Waals surface area contributed by atoms with Crippen molar-refractivity contribution in [1.29, 1.82) is 0 Å². The molecular formula is C18H16N4O6. The summed E-state index contributed by atoms with van der Waals surface area (Å²) < 4.78 is 6.35. The van der Waals surface area contributed by atoms with E-state index in [0.29, 0.717) is 11.0 Å². The van der Waals surface area contributed by atoms with Crippen LogP contribution < -0.4 is 0 Å². The van der Waals surface area contributed by atoms with E-state index < -0.39 is 22.3 Å². The zero-order chi connectivity index (χ0) is 20.3. The monoisotopic (exact) mass is 384 g/mol. The molecule has 1 heterocycles. The van der Waals surface area contributed by atoms with Gasteiger partial charge in [-0.15, -0.1) is 5.10 Å². The van der Waals surface area contributed by atoms with E-state index in [0.717, 1.165) is 12.1 Å². The zero-order valence-electron chi connectivity index (χ0n) is 14.8. The normalized spacial score (nSPS) is 13.0. The molecule has 0 aliphatic rings. The van der Waals surface area contributed by atoms with Crippen LogP contribution in [-0.4, -0.2) is 43.6 Å². The van der Waals surface area contributed by atoms with Crippen LogP contribution in [0.4, 0.5) is 5.69 Å².